The van der Waals surface area contributed by atoms with Crippen molar-refractivity contribution in [2.24, 2.45) is 0 Å². The minimum absolute atomic E-state index is 0. The summed E-state index contributed by atoms with van der Waals surface area (Å²) in [5, 5.41) is 6.26. The van der Waals surface area contributed by atoms with Crippen molar-refractivity contribution in [3.63, 3.8) is 0 Å². The number of benzene rings is 5. The molecule has 0 amide bonds. The monoisotopic (exact) mass is 638 g/mol. The molecule has 42 heavy (non-hydrogen) atoms. The first-order chi connectivity index (χ1) is 20.1. The van der Waals surface area contributed by atoms with Gasteiger partial charge >= 0.3 is 5.97 Å². The molecule has 0 heterocycles. The average Bonchev–Trinajstić information content (AvgIpc) is 3.04. The Kier molecular flexibility index (Phi) is 11.5. The molecule has 0 fully saturated rings. The molecule has 0 atom stereocenters. The number of esters is 1. The molecular weight excluding hydrogens is 599 g/mol. The smallest absolute Gasteiger partial charge is 0.338 e. The highest BCUT2D eigenvalue weighted by Gasteiger charge is 2.41. The fourth-order valence-electron chi connectivity index (χ4n) is 5.66. The van der Waals surface area contributed by atoms with Gasteiger partial charge in [0.2, 0.25) is 0 Å². The predicted molar refractivity (Wildman–Crippen MR) is 178 cm³/mol. The summed E-state index contributed by atoms with van der Waals surface area (Å²) in [7, 11) is -1.89. The van der Waals surface area contributed by atoms with Crippen molar-refractivity contribution >= 4 is 39.9 Å². The summed E-state index contributed by atoms with van der Waals surface area (Å²) in [5.74, 6) is -0.235. The van der Waals surface area contributed by atoms with Gasteiger partial charge in [0.15, 0.2) is 0 Å². The first-order valence-corrected chi connectivity index (χ1v) is 17.1. The second-order valence-electron chi connectivity index (χ2n) is 10.9. The van der Waals surface area contributed by atoms with Crippen molar-refractivity contribution in [3.8, 4) is 11.1 Å². The topological polar surface area (TPSA) is 26.3 Å². The first kappa shape index (κ1) is 31.7. The number of rotatable bonds is 12. The van der Waals surface area contributed by atoms with Crippen molar-refractivity contribution in [2.45, 2.75) is 45.4 Å². The molecule has 0 aromatic heterocycles. The Bertz CT molecular complexity index is 1540. The molecule has 0 radical (unpaired) electrons. The molecule has 5 rings (SSSR count). The van der Waals surface area contributed by atoms with Gasteiger partial charge in [-0.2, -0.15) is 0 Å². The summed E-state index contributed by atoms with van der Waals surface area (Å²) < 4.78 is 5.58. The summed E-state index contributed by atoms with van der Waals surface area (Å²) in [6.45, 7) is 5.14. The standard InChI is InChI=1S/C38H40O2P.BrH/c1-3-4-5-6-7-16-27-40-38(39)33-26-24-30-28-32(25-23-31(30)29-33)36-21-14-15-22-37(36)41(2,34-17-10-8-11-18-34)35-19-12-9-13-20-35;/h8-15,17-26,28-29H,3-7,16,27H2,1-2H3;1H/q+1;/p-1. The number of ether oxygens (including phenoxy) is 1. The van der Waals surface area contributed by atoms with Crippen LogP contribution in [0.15, 0.2) is 121 Å². The summed E-state index contributed by atoms with van der Waals surface area (Å²) in [6.07, 6.45) is 7.05. The van der Waals surface area contributed by atoms with E-state index in [1.807, 2.05) is 18.2 Å². The third kappa shape index (κ3) is 7.20. The molecule has 0 N–H and O–H groups in total. The molecule has 0 unspecified atom stereocenters. The zero-order valence-corrected chi connectivity index (χ0v) is 27.1. The molecule has 0 aliphatic carbocycles. The van der Waals surface area contributed by atoms with Gasteiger partial charge in [-0.05, 0) is 71.3 Å². The fourth-order valence-corrected chi connectivity index (χ4v) is 9.12. The van der Waals surface area contributed by atoms with Crippen molar-refractivity contribution in [3.05, 3.63) is 127 Å². The number of fused-ring (bicyclic) bond motifs is 1. The van der Waals surface area contributed by atoms with Gasteiger partial charge in [-0.15, -0.1) is 0 Å². The van der Waals surface area contributed by atoms with Gasteiger partial charge in [-0.25, -0.2) is 4.79 Å². The van der Waals surface area contributed by atoms with Gasteiger partial charge in [-0.1, -0.05) is 112 Å². The van der Waals surface area contributed by atoms with E-state index in [-0.39, 0.29) is 23.0 Å². The van der Waals surface area contributed by atoms with Gasteiger partial charge in [0.05, 0.1) is 18.8 Å². The van der Waals surface area contributed by atoms with E-state index in [1.165, 1.54) is 52.7 Å². The molecule has 0 spiro atoms. The minimum atomic E-state index is -1.89. The van der Waals surface area contributed by atoms with E-state index in [0.717, 1.165) is 23.6 Å². The number of halogens is 1. The van der Waals surface area contributed by atoms with Gasteiger partial charge in [-0.3, -0.25) is 0 Å². The first-order valence-electron chi connectivity index (χ1n) is 14.9. The molecule has 0 saturated carbocycles. The molecule has 2 nitrogen and oxygen atoms in total. The lowest BCUT2D eigenvalue weighted by atomic mass is 10.00. The maximum atomic E-state index is 12.7. The fraction of sp³-hybridized carbons (Fsp3) is 0.237. The summed E-state index contributed by atoms with van der Waals surface area (Å²) in [6, 6.07) is 43.1. The van der Waals surface area contributed by atoms with Gasteiger partial charge in [0.1, 0.15) is 23.2 Å². The number of carbonyl (C=O) groups excluding carboxylic acids is 1. The van der Waals surface area contributed by atoms with E-state index < -0.39 is 7.26 Å². The highest BCUT2D eigenvalue weighted by Crippen LogP contribution is 2.53. The van der Waals surface area contributed by atoms with E-state index in [4.69, 9.17) is 4.74 Å². The Morgan fingerprint density at radius 3 is 1.90 bits per heavy atom. The predicted octanol–water partition coefficient (Wildman–Crippen LogP) is 5.95. The highest BCUT2D eigenvalue weighted by atomic mass is 79.9. The zero-order valence-electron chi connectivity index (χ0n) is 24.6. The summed E-state index contributed by atoms with van der Waals surface area (Å²) >= 11 is 0. The van der Waals surface area contributed by atoms with E-state index >= 15 is 0 Å². The van der Waals surface area contributed by atoms with Crippen LogP contribution < -0.4 is 32.9 Å². The van der Waals surface area contributed by atoms with Crippen LogP contribution in [0.25, 0.3) is 21.9 Å². The van der Waals surface area contributed by atoms with Crippen LogP contribution in [0.2, 0.25) is 0 Å². The van der Waals surface area contributed by atoms with Crippen molar-refractivity contribution in [1.29, 1.82) is 0 Å². The van der Waals surface area contributed by atoms with Crippen LogP contribution in [0.3, 0.4) is 0 Å². The SMILES string of the molecule is CCCCCCCCOC(=O)c1ccc2cc(-c3ccccc3[P+](C)(c3ccccc3)c3ccccc3)ccc2c1.[Br-]. The lowest BCUT2D eigenvalue weighted by molar-refractivity contribution is -0.0000263. The van der Waals surface area contributed by atoms with Crippen LogP contribution in [-0.2, 0) is 4.74 Å². The molecule has 0 aliphatic rings. The molecular formula is C38H40BrO2P. The van der Waals surface area contributed by atoms with E-state index in [1.54, 1.807) is 0 Å². The Morgan fingerprint density at radius 2 is 1.21 bits per heavy atom. The summed E-state index contributed by atoms with van der Waals surface area (Å²) in [4.78, 5) is 12.7. The summed E-state index contributed by atoms with van der Waals surface area (Å²) in [5.41, 5.74) is 3.05. The molecule has 5 aromatic rings. The van der Waals surface area contributed by atoms with Crippen LogP contribution in [0.1, 0.15) is 55.8 Å². The van der Waals surface area contributed by atoms with E-state index in [2.05, 4.69) is 117 Å². The normalized spacial score (nSPS) is 11.2. The quantitative estimate of drug-likeness (QED) is 0.0959. The zero-order chi connectivity index (χ0) is 28.5. The average molecular weight is 640 g/mol. The second kappa shape index (κ2) is 15.3. The van der Waals surface area contributed by atoms with Crippen LogP contribution >= 0.6 is 7.26 Å². The Balaban J connectivity index is 0.00000405. The molecule has 0 aliphatic heterocycles. The van der Waals surface area contributed by atoms with Crippen LogP contribution in [0.4, 0.5) is 0 Å². The Labute approximate surface area is 262 Å². The molecule has 216 valence electrons. The number of hydrogen-bond acceptors (Lipinski definition) is 2. The number of unbranched alkanes of at least 4 members (excludes halogenated alkanes) is 5. The molecule has 4 heteroatoms. The molecule has 5 aromatic carbocycles. The van der Waals surface area contributed by atoms with Gasteiger partial charge < -0.3 is 21.7 Å². The maximum absolute atomic E-state index is 12.7. The van der Waals surface area contributed by atoms with Crippen molar-refractivity contribution < 1.29 is 26.5 Å². The van der Waals surface area contributed by atoms with Gasteiger partial charge in [0.25, 0.3) is 0 Å². The Morgan fingerprint density at radius 1 is 0.643 bits per heavy atom. The molecule has 0 saturated heterocycles. The maximum Gasteiger partial charge on any atom is 0.338 e. The highest BCUT2D eigenvalue weighted by molar-refractivity contribution is 7.95. The van der Waals surface area contributed by atoms with Crippen molar-refractivity contribution in [1.82, 2.24) is 0 Å². The van der Waals surface area contributed by atoms with E-state index in [9.17, 15) is 4.79 Å². The van der Waals surface area contributed by atoms with Gasteiger partial charge in [0, 0.05) is 5.56 Å². The third-order valence-corrected chi connectivity index (χ3v) is 12.1. The number of carbonyl (C=O) groups is 1. The number of hydrogen-bond donors (Lipinski definition) is 0. The Hall–Kier alpha value is -3.26. The van der Waals surface area contributed by atoms with Crippen LogP contribution in [-0.4, -0.2) is 19.2 Å². The van der Waals surface area contributed by atoms with Crippen LogP contribution in [0, 0.1) is 0 Å². The van der Waals surface area contributed by atoms with Crippen molar-refractivity contribution in [2.75, 3.05) is 13.3 Å². The third-order valence-electron chi connectivity index (χ3n) is 8.05. The van der Waals surface area contributed by atoms with E-state index in [0.29, 0.717) is 12.2 Å². The molecule has 0 bridgehead atoms. The second-order valence-corrected chi connectivity index (χ2v) is 14.4. The lowest BCUT2D eigenvalue weighted by Crippen LogP contribution is -3.00. The largest absolute Gasteiger partial charge is 1.00 e. The van der Waals surface area contributed by atoms with Crippen LogP contribution in [0.5, 0.6) is 0 Å². The lowest BCUT2D eigenvalue weighted by Gasteiger charge is -2.25. The minimum Gasteiger partial charge on any atom is -1.00 e.